The second-order valence-electron chi connectivity index (χ2n) is 5.55. The van der Waals surface area contributed by atoms with Crippen molar-refractivity contribution in [1.82, 2.24) is 4.90 Å². The van der Waals surface area contributed by atoms with E-state index in [2.05, 4.69) is 18.7 Å². The lowest BCUT2D eigenvalue weighted by molar-refractivity contribution is -0.121. The number of hydrogen-bond donors (Lipinski definition) is 0. The van der Waals surface area contributed by atoms with Crippen LogP contribution in [0.1, 0.15) is 46.0 Å². The Balaban J connectivity index is 1.84. The summed E-state index contributed by atoms with van der Waals surface area (Å²) in [5.41, 5.74) is 0. The van der Waals surface area contributed by atoms with Crippen LogP contribution in [0.2, 0.25) is 0 Å². The normalized spacial score (nSPS) is 26.9. The fourth-order valence-corrected chi connectivity index (χ4v) is 2.49. The lowest BCUT2D eigenvalue weighted by atomic mass is 10.1. The zero-order valence-electron chi connectivity index (χ0n) is 10.0. The highest BCUT2D eigenvalue weighted by Gasteiger charge is 2.30. The molecule has 1 atom stereocenters. The molecule has 2 rings (SSSR count). The molecule has 15 heavy (non-hydrogen) atoms. The van der Waals surface area contributed by atoms with Crippen LogP contribution in [0, 0.1) is 11.8 Å². The smallest absolute Gasteiger partial charge is 0.137 e. The summed E-state index contributed by atoms with van der Waals surface area (Å²) in [5, 5.41) is 0. The van der Waals surface area contributed by atoms with Crippen molar-refractivity contribution in [2.24, 2.45) is 11.8 Å². The topological polar surface area (TPSA) is 20.3 Å². The average Bonchev–Trinajstić information content (AvgIpc) is 2.90. The number of carbonyl (C=O) groups excluding carboxylic acids is 1. The Morgan fingerprint density at radius 1 is 1.27 bits per heavy atom. The number of nitrogens with zero attached hydrogens (tertiary/aromatic N) is 1. The third kappa shape index (κ3) is 3.04. The van der Waals surface area contributed by atoms with E-state index in [0.717, 1.165) is 31.7 Å². The molecule has 0 aromatic heterocycles. The molecule has 2 heteroatoms. The molecule has 0 radical (unpaired) electrons. The summed E-state index contributed by atoms with van der Waals surface area (Å²) >= 11 is 0. The minimum Gasteiger partial charge on any atom is -0.300 e. The molecule has 86 valence electrons. The van der Waals surface area contributed by atoms with Crippen LogP contribution in [-0.4, -0.2) is 29.8 Å². The van der Waals surface area contributed by atoms with Crippen molar-refractivity contribution in [2.75, 3.05) is 13.1 Å². The fraction of sp³-hybridized carbons (Fsp3) is 0.923. The highest BCUT2D eigenvalue weighted by atomic mass is 16.1. The number of rotatable bonds is 5. The van der Waals surface area contributed by atoms with Crippen molar-refractivity contribution in [1.29, 1.82) is 0 Å². The third-order valence-corrected chi connectivity index (χ3v) is 3.81. The molecule has 0 aliphatic heterocycles. The first-order valence-corrected chi connectivity index (χ1v) is 6.43. The van der Waals surface area contributed by atoms with Crippen LogP contribution in [0.5, 0.6) is 0 Å². The van der Waals surface area contributed by atoms with Gasteiger partial charge < -0.3 is 0 Å². The van der Waals surface area contributed by atoms with Gasteiger partial charge in [0.05, 0.1) is 0 Å². The monoisotopic (exact) mass is 209 g/mol. The molecular formula is C13H23NO. The summed E-state index contributed by atoms with van der Waals surface area (Å²) in [6, 6.07) is 0.596. The molecule has 2 nitrogen and oxygen atoms in total. The van der Waals surface area contributed by atoms with Crippen molar-refractivity contribution in [3.8, 4) is 0 Å². The fourth-order valence-electron chi connectivity index (χ4n) is 2.49. The largest absolute Gasteiger partial charge is 0.300 e. The van der Waals surface area contributed by atoms with Crippen LogP contribution >= 0.6 is 0 Å². The predicted octanol–water partition coefficient (Wildman–Crippen LogP) is 2.48. The van der Waals surface area contributed by atoms with E-state index in [4.69, 9.17) is 0 Å². The molecule has 2 aliphatic rings. The van der Waals surface area contributed by atoms with Crippen molar-refractivity contribution >= 4 is 5.78 Å². The van der Waals surface area contributed by atoms with Gasteiger partial charge in [-0.3, -0.25) is 9.69 Å². The third-order valence-electron chi connectivity index (χ3n) is 3.81. The summed E-state index contributed by atoms with van der Waals surface area (Å²) in [5.74, 6) is 1.80. The van der Waals surface area contributed by atoms with Gasteiger partial charge >= 0.3 is 0 Å². The Morgan fingerprint density at radius 2 is 2.00 bits per heavy atom. The SMILES string of the molecule is CC(C)N(CC1CC1)CC1CCCC1=O. The Hall–Kier alpha value is -0.370. The Labute approximate surface area is 93.0 Å². The van der Waals surface area contributed by atoms with Crippen LogP contribution in [-0.2, 0) is 4.79 Å². The molecule has 2 aliphatic carbocycles. The molecule has 0 N–H and O–H groups in total. The van der Waals surface area contributed by atoms with E-state index in [1.54, 1.807) is 0 Å². The summed E-state index contributed by atoms with van der Waals surface area (Å²) < 4.78 is 0. The molecule has 0 bridgehead atoms. The maximum absolute atomic E-state index is 11.6. The highest BCUT2D eigenvalue weighted by molar-refractivity contribution is 5.83. The van der Waals surface area contributed by atoms with E-state index in [-0.39, 0.29) is 0 Å². The van der Waals surface area contributed by atoms with Crippen molar-refractivity contribution in [3.05, 3.63) is 0 Å². The van der Waals surface area contributed by atoms with Gasteiger partial charge in [0, 0.05) is 31.5 Å². The predicted molar refractivity (Wildman–Crippen MR) is 61.8 cm³/mol. The first kappa shape index (κ1) is 11.1. The van der Waals surface area contributed by atoms with Gasteiger partial charge in [0.25, 0.3) is 0 Å². The zero-order chi connectivity index (χ0) is 10.8. The Bertz CT molecular complexity index is 233. The molecule has 2 saturated carbocycles. The van der Waals surface area contributed by atoms with E-state index >= 15 is 0 Å². The minimum absolute atomic E-state index is 0.353. The van der Waals surface area contributed by atoms with Crippen molar-refractivity contribution < 1.29 is 4.79 Å². The Morgan fingerprint density at radius 3 is 2.47 bits per heavy atom. The maximum Gasteiger partial charge on any atom is 0.137 e. The lowest BCUT2D eigenvalue weighted by Crippen LogP contribution is -2.38. The van der Waals surface area contributed by atoms with Crippen LogP contribution in [0.15, 0.2) is 0 Å². The van der Waals surface area contributed by atoms with Crippen LogP contribution < -0.4 is 0 Å². The molecule has 0 spiro atoms. The van der Waals surface area contributed by atoms with Gasteiger partial charge in [-0.05, 0) is 45.4 Å². The number of Topliss-reactive ketones (excluding diaryl/α,β-unsaturated/α-hetero) is 1. The van der Waals surface area contributed by atoms with Gasteiger partial charge in [0.1, 0.15) is 5.78 Å². The number of hydrogen-bond acceptors (Lipinski definition) is 2. The molecule has 0 amide bonds. The van der Waals surface area contributed by atoms with Gasteiger partial charge in [-0.1, -0.05) is 0 Å². The van der Waals surface area contributed by atoms with Crippen molar-refractivity contribution in [2.45, 2.75) is 52.0 Å². The first-order valence-electron chi connectivity index (χ1n) is 6.43. The van der Waals surface area contributed by atoms with E-state index in [9.17, 15) is 4.79 Å². The van der Waals surface area contributed by atoms with E-state index in [1.807, 2.05) is 0 Å². The molecule has 2 fully saturated rings. The molecule has 1 unspecified atom stereocenters. The molecule has 0 saturated heterocycles. The quantitative estimate of drug-likeness (QED) is 0.693. The molecule has 0 aromatic carbocycles. The number of carbonyl (C=O) groups is 1. The van der Waals surface area contributed by atoms with Crippen LogP contribution in [0.3, 0.4) is 0 Å². The summed E-state index contributed by atoms with van der Waals surface area (Å²) in [6.07, 6.45) is 5.90. The second-order valence-corrected chi connectivity index (χ2v) is 5.55. The van der Waals surface area contributed by atoms with E-state index in [0.29, 0.717) is 17.7 Å². The van der Waals surface area contributed by atoms with Crippen LogP contribution in [0.4, 0.5) is 0 Å². The average molecular weight is 209 g/mol. The number of ketones is 1. The van der Waals surface area contributed by atoms with Gasteiger partial charge in [-0.25, -0.2) is 0 Å². The lowest BCUT2D eigenvalue weighted by Gasteiger charge is -2.28. The van der Waals surface area contributed by atoms with E-state index in [1.165, 1.54) is 19.4 Å². The minimum atomic E-state index is 0.353. The summed E-state index contributed by atoms with van der Waals surface area (Å²) in [4.78, 5) is 14.1. The van der Waals surface area contributed by atoms with E-state index < -0.39 is 0 Å². The molecule has 0 aromatic rings. The standard InChI is InChI=1S/C13H23NO/c1-10(2)14(8-11-6-7-11)9-12-4-3-5-13(12)15/h10-12H,3-9H2,1-2H3. The van der Waals surface area contributed by atoms with Gasteiger partial charge in [0.15, 0.2) is 0 Å². The molecule has 0 heterocycles. The Kier molecular flexibility index (Phi) is 3.45. The van der Waals surface area contributed by atoms with Crippen LogP contribution in [0.25, 0.3) is 0 Å². The van der Waals surface area contributed by atoms with Crippen molar-refractivity contribution in [3.63, 3.8) is 0 Å². The summed E-state index contributed by atoms with van der Waals surface area (Å²) in [7, 11) is 0. The molecular weight excluding hydrogens is 186 g/mol. The van der Waals surface area contributed by atoms with Gasteiger partial charge in [0.2, 0.25) is 0 Å². The maximum atomic E-state index is 11.6. The second kappa shape index (κ2) is 4.65. The summed E-state index contributed by atoms with van der Waals surface area (Å²) in [6.45, 7) is 6.75. The first-order chi connectivity index (χ1) is 7.16. The zero-order valence-corrected chi connectivity index (χ0v) is 10.0. The van der Waals surface area contributed by atoms with Gasteiger partial charge in [-0.2, -0.15) is 0 Å². The highest BCUT2D eigenvalue weighted by Crippen LogP contribution is 2.31. The van der Waals surface area contributed by atoms with Gasteiger partial charge in [-0.15, -0.1) is 0 Å².